The van der Waals surface area contributed by atoms with Gasteiger partial charge in [0.15, 0.2) is 0 Å². The first-order valence-corrected chi connectivity index (χ1v) is 7.17. The average molecular weight is 269 g/mol. The zero-order chi connectivity index (χ0) is 13.9. The number of fused-ring (bicyclic) bond motifs is 1. The maximum Gasteiger partial charge on any atom is 0.252 e. The van der Waals surface area contributed by atoms with Crippen molar-refractivity contribution in [3.8, 4) is 0 Å². The molecule has 1 aromatic heterocycles. The van der Waals surface area contributed by atoms with Crippen LogP contribution in [0.1, 0.15) is 36.0 Å². The number of nitrogens with two attached hydrogens (primary N) is 1. The van der Waals surface area contributed by atoms with Crippen LogP contribution in [0.4, 0.5) is 5.82 Å². The summed E-state index contributed by atoms with van der Waals surface area (Å²) in [7, 11) is 0. The number of nitrogen functional groups attached to an aromatic ring is 1. The fourth-order valence-corrected chi connectivity index (χ4v) is 2.93. The van der Waals surface area contributed by atoms with Crippen molar-refractivity contribution in [2.75, 3.05) is 12.3 Å². The molecule has 1 aliphatic carbocycles. The molecule has 0 atom stereocenters. The normalized spacial score (nSPS) is 15.6. The minimum Gasteiger partial charge on any atom is -0.384 e. The van der Waals surface area contributed by atoms with Crippen LogP contribution in [0.2, 0.25) is 0 Å². The number of nitrogens with zero attached hydrogens (tertiary/aromatic N) is 1. The minimum absolute atomic E-state index is 0.0535. The van der Waals surface area contributed by atoms with E-state index < -0.39 is 0 Å². The summed E-state index contributed by atoms with van der Waals surface area (Å²) in [4.78, 5) is 16.6. The Kier molecular flexibility index (Phi) is 3.54. The van der Waals surface area contributed by atoms with E-state index in [1.165, 1.54) is 25.7 Å². The first-order chi connectivity index (χ1) is 9.74. The van der Waals surface area contributed by atoms with Gasteiger partial charge in [0.05, 0.1) is 11.1 Å². The lowest BCUT2D eigenvalue weighted by molar-refractivity contribution is 0.0949. The van der Waals surface area contributed by atoms with Gasteiger partial charge in [0.1, 0.15) is 5.82 Å². The first-order valence-electron chi connectivity index (χ1n) is 7.17. The van der Waals surface area contributed by atoms with Crippen molar-refractivity contribution < 1.29 is 4.79 Å². The molecule has 1 amide bonds. The lowest BCUT2D eigenvalue weighted by atomic mass is 10.1. The maximum absolute atomic E-state index is 12.4. The summed E-state index contributed by atoms with van der Waals surface area (Å²) in [6.07, 6.45) is 5.01. The lowest BCUT2D eigenvalue weighted by Crippen LogP contribution is -2.28. The molecular formula is C16H19N3O. The summed E-state index contributed by atoms with van der Waals surface area (Å²) in [5.41, 5.74) is 7.17. The number of amides is 1. The number of hydrogen-bond donors (Lipinski definition) is 2. The molecule has 0 aliphatic heterocycles. The van der Waals surface area contributed by atoms with Gasteiger partial charge in [-0.1, -0.05) is 31.0 Å². The van der Waals surface area contributed by atoms with Gasteiger partial charge >= 0.3 is 0 Å². The molecule has 4 nitrogen and oxygen atoms in total. The molecule has 3 rings (SSSR count). The number of rotatable bonds is 3. The Labute approximate surface area is 118 Å². The molecule has 4 heteroatoms. The predicted octanol–water partition coefficient (Wildman–Crippen LogP) is 2.74. The first kappa shape index (κ1) is 12.9. The second-order valence-electron chi connectivity index (χ2n) is 5.47. The zero-order valence-electron chi connectivity index (χ0n) is 11.4. The molecule has 1 fully saturated rings. The van der Waals surface area contributed by atoms with Crippen LogP contribution in [-0.4, -0.2) is 17.4 Å². The van der Waals surface area contributed by atoms with Crippen LogP contribution in [0.25, 0.3) is 10.9 Å². The average Bonchev–Trinajstić information content (AvgIpc) is 2.97. The largest absolute Gasteiger partial charge is 0.384 e. The summed E-state index contributed by atoms with van der Waals surface area (Å²) >= 11 is 0. The topological polar surface area (TPSA) is 68.0 Å². The zero-order valence-corrected chi connectivity index (χ0v) is 11.4. The quantitative estimate of drug-likeness (QED) is 0.900. The molecule has 3 N–H and O–H groups in total. The van der Waals surface area contributed by atoms with Gasteiger partial charge in [-0.05, 0) is 30.9 Å². The summed E-state index contributed by atoms with van der Waals surface area (Å²) in [5.74, 6) is 0.960. The Morgan fingerprint density at radius 3 is 2.85 bits per heavy atom. The van der Waals surface area contributed by atoms with Crippen LogP contribution in [0.15, 0.2) is 30.3 Å². The molecule has 104 valence electrons. The molecule has 0 bridgehead atoms. The van der Waals surface area contributed by atoms with E-state index >= 15 is 0 Å². The number of carbonyl (C=O) groups is 1. The van der Waals surface area contributed by atoms with Crippen molar-refractivity contribution >= 4 is 22.6 Å². The number of benzene rings is 1. The molecule has 1 aromatic carbocycles. The van der Waals surface area contributed by atoms with Crippen molar-refractivity contribution in [3.63, 3.8) is 0 Å². The van der Waals surface area contributed by atoms with Crippen LogP contribution in [0.3, 0.4) is 0 Å². The SMILES string of the molecule is Nc1cc(C(=O)NCC2CCCC2)c2ccccc2n1. The van der Waals surface area contributed by atoms with Gasteiger partial charge in [0.25, 0.3) is 5.91 Å². The molecule has 1 saturated carbocycles. The van der Waals surface area contributed by atoms with E-state index in [0.717, 1.165) is 17.4 Å². The van der Waals surface area contributed by atoms with Crippen molar-refractivity contribution in [2.24, 2.45) is 5.92 Å². The fraction of sp³-hybridized carbons (Fsp3) is 0.375. The third-order valence-electron chi connectivity index (χ3n) is 4.01. The summed E-state index contributed by atoms with van der Waals surface area (Å²) in [5, 5.41) is 3.89. The van der Waals surface area contributed by atoms with Gasteiger partial charge in [-0.15, -0.1) is 0 Å². The van der Waals surface area contributed by atoms with Crippen molar-refractivity contribution in [1.29, 1.82) is 0 Å². The molecular weight excluding hydrogens is 250 g/mol. The smallest absolute Gasteiger partial charge is 0.252 e. The third kappa shape index (κ3) is 2.59. The third-order valence-corrected chi connectivity index (χ3v) is 4.01. The van der Waals surface area contributed by atoms with Crippen LogP contribution in [0, 0.1) is 5.92 Å². The van der Waals surface area contributed by atoms with E-state index in [2.05, 4.69) is 10.3 Å². The molecule has 1 heterocycles. The second-order valence-corrected chi connectivity index (χ2v) is 5.47. The van der Waals surface area contributed by atoms with Gasteiger partial charge in [-0.25, -0.2) is 4.98 Å². The molecule has 2 aromatic rings. The predicted molar refractivity (Wildman–Crippen MR) is 80.4 cm³/mol. The Morgan fingerprint density at radius 1 is 1.30 bits per heavy atom. The Bertz CT molecular complexity index is 633. The highest BCUT2D eigenvalue weighted by molar-refractivity contribution is 6.06. The summed E-state index contributed by atoms with van der Waals surface area (Å²) < 4.78 is 0. The molecule has 0 unspecified atom stereocenters. The molecule has 0 spiro atoms. The van der Waals surface area contributed by atoms with Crippen LogP contribution >= 0.6 is 0 Å². The van der Waals surface area contributed by atoms with E-state index in [1.807, 2.05) is 24.3 Å². The molecule has 20 heavy (non-hydrogen) atoms. The van der Waals surface area contributed by atoms with E-state index in [1.54, 1.807) is 6.07 Å². The van der Waals surface area contributed by atoms with E-state index in [9.17, 15) is 4.79 Å². The summed E-state index contributed by atoms with van der Waals surface area (Å²) in [6, 6.07) is 9.25. The highest BCUT2D eigenvalue weighted by Crippen LogP contribution is 2.24. The Hall–Kier alpha value is -2.10. The van der Waals surface area contributed by atoms with Crippen molar-refractivity contribution in [1.82, 2.24) is 10.3 Å². The number of nitrogens with one attached hydrogen (secondary N) is 1. The van der Waals surface area contributed by atoms with Crippen LogP contribution in [-0.2, 0) is 0 Å². The lowest BCUT2D eigenvalue weighted by Gasteiger charge is -2.12. The van der Waals surface area contributed by atoms with Gasteiger partial charge < -0.3 is 11.1 Å². The molecule has 0 radical (unpaired) electrons. The highest BCUT2D eigenvalue weighted by Gasteiger charge is 2.17. The van der Waals surface area contributed by atoms with Crippen LogP contribution in [0.5, 0.6) is 0 Å². The maximum atomic E-state index is 12.4. The van der Waals surface area contributed by atoms with Crippen molar-refractivity contribution in [2.45, 2.75) is 25.7 Å². The molecule has 1 aliphatic rings. The number of aromatic nitrogens is 1. The van der Waals surface area contributed by atoms with E-state index in [-0.39, 0.29) is 5.91 Å². The van der Waals surface area contributed by atoms with Gasteiger partial charge in [-0.3, -0.25) is 4.79 Å². The number of pyridine rings is 1. The number of para-hydroxylation sites is 1. The van der Waals surface area contributed by atoms with Gasteiger partial charge in [-0.2, -0.15) is 0 Å². The second kappa shape index (κ2) is 5.49. The van der Waals surface area contributed by atoms with Crippen LogP contribution < -0.4 is 11.1 Å². The van der Waals surface area contributed by atoms with E-state index in [0.29, 0.717) is 17.3 Å². The summed E-state index contributed by atoms with van der Waals surface area (Å²) in [6.45, 7) is 0.759. The fourth-order valence-electron chi connectivity index (χ4n) is 2.93. The van der Waals surface area contributed by atoms with Gasteiger partial charge in [0.2, 0.25) is 0 Å². The van der Waals surface area contributed by atoms with Gasteiger partial charge in [0, 0.05) is 11.9 Å². The number of carbonyl (C=O) groups excluding carboxylic acids is 1. The molecule has 0 saturated heterocycles. The Balaban J connectivity index is 1.83. The number of hydrogen-bond acceptors (Lipinski definition) is 3. The van der Waals surface area contributed by atoms with Crippen molar-refractivity contribution in [3.05, 3.63) is 35.9 Å². The highest BCUT2D eigenvalue weighted by atomic mass is 16.1. The standard InChI is InChI=1S/C16H19N3O/c17-15-9-13(12-7-3-4-8-14(12)19-15)16(20)18-10-11-5-1-2-6-11/h3-4,7-9,11H,1-2,5-6,10H2,(H2,17,19)(H,18,20). The van der Waals surface area contributed by atoms with E-state index in [4.69, 9.17) is 5.73 Å². The minimum atomic E-state index is -0.0535. The monoisotopic (exact) mass is 269 g/mol. The Morgan fingerprint density at radius 2 is 2.05 bits per heavy atom. The number of anilines is 1.